The maximum Gasteiger partial charge on any atom is 0.276 e. The van der Waals surface area contributed by atoms with Crippen molar-refractivity contribution in [3.63, 3.8) is 0 Å². The fourth-order valence-electron chi connectivity index (χ4n) is 2.19. The van der Waals surface area contributed by atoms with Crippen LogP contribution in [-0.4, -0.2) is 30.1 Å². The summed E-state index contributed by atoms with van der Waals surface area (Å²) in [5.74, 6) is 1.41. The Morgan fingerprint density at radius 1 is 1.08 bits per heavy atom. The summed E-state index contributed by atoms with van der Waals surface area (Å²) in [6, 6.07) is 16.0. The first-order valence-electron chi connectivity index (χ1n) is 7.95. The first-order valence-corrected chi connectivity index (χ1v) is 10.6. The van der Waals surface area contributed by atoms with Gasteiger partial charge >= 0.3 is 0 Å². The Morgan fingerprint density at radius 2 is 1.88 bits per heavy atom. The van der Waals surface area contributed by atoms with Gasteiger partial charge in [0.2, 0.25) is 0 Å². The summed E-state index contributed by atoms with van der Waals surface area (Å²) < 4.78 is 35.5. The molecule has 6 nitrogen and oxygen atoms in total. The average molecular weight is 390 g/mol. The number of ether oxygens (including phenoxy) is 1. The van der Waals surface area contributed by atoms with Crippen LogP contribution in [0.2, 0.25) is 0 Å². The second kappa shape index (κ2) is 8.37. The molecule has 0 amide bonds. The van der Waals surface area contributed by atoms with Gasteiger partial charge in [0.25, 0.3) is 11.1 Å². The van der Waals surface area contributed by atoms with Crippen LogP contribution in [0.5, 0.6) is 5.75 Å². The van der Waals surface area contributed by atoms with E-state index in [2.05, 4.69) is 10.2 Å². The summed E-state index contributed by atoms with van der Waals surface area (Å²) >= 11 is 1.21. The van der Waals surface area contributed by atoms with E-state index < -0.39 is 9.84 Å². The molecule has 0 aliphatic rings. The van der Waals surface area contributed by atoms with E-state index in [9.17, 15) is 8.42 Å². The van der Waals surface area contributed by atoms with Crippen molar-refractivity contribution in [3.8, 4) is 5.75 Å². The summed E-state index contributed by atoms with van der Waals surface area (Å²) in [7, 11) is -3.31. The fraction of sp³-hybridized carbons (Fsp3) is 0.222. The van der Waals surface area contributed by atoms with Gasteiger partial charge in [0.05, 0.1) is 10.6 Å². The largest absolute Gasteiger partial charge is 0.484 e. The van der Waals surface area contributed by atoms with Crippen LogP contribution in [0.25, 0.3) is 0 Å². The van der Waals surface area contributed by atoms with Crippen molar-refractivity contribution in [2.75, 3.05) is 11.5 Å². The molecular formula is C18H18N2O4S2. The molecule has 0 radical (unpaired) electrons. The lowest BCUT2D eigenvalue weighted by Crippen LogP contribution is -2.08. The minimum Gasteiger partial charge on any atom is -0.484 e. The Balaban J connectivity index is 1.49. The number of sulfone groups is 1. The minimum atomic E-state index is -3.31. The lowest BCUT2D eigenvalue weighted by molar-refractivity contribution is 0.252. The Morgan fingerprint density at radius 3 is 2.65 bits per heavy atom. The molecule has 0 aliphatic carbocycles. The van der Waals surface area contributed by atoms with Crippen molar-refractivity contribution in [1.82, 2.24) is 10.2 Å². The molecule has 1 aromatic heterocycles. The van der Waals surface area contributed by atoms with Gasteiger partial charge < -0.3 is 9.15 Å². The first kappa shape index (κ1) is 18.5. The van der Waals surface area contributed by atoms with E-state index in [1.165, 1.54) is 11.8 Å². The molecule has 8 heteroatoms. The number of thioether (sulfide) groups is 1. The van der Waals surface area contributed by atoms with E-state index in [-0.39, 0.29) is 12.4 Å². The van der Waals surface area contributed by atoms with E-state index in [0.717, 1.165) is 11.3 Å². The molecule has 0 unspecified atom stereocenters. The molecule has 0 fully saturated rings. The fourth-order valence-corrected chi connectivity index (χ4v) is 4.64. The highest BCUT2D eigenvalue weighted by atomic mass is 32.2. The zero-order chi connectivity index (χ0) is 18.4. The molecule has 0 spiro atoms. The molecule has 26 heavy (non-hydrogen) atoms. The molecule has 3 aromatic rings. The van der Waals surface area contributed by atoms with Crippen molar-refractivity contribution in [2.24, 2.45) is 0 Å². The molecule has 0 aliphatic heterocycles. The van der Waals surface area contributed by atoms with Crippen molar-refractivity contribution in [1.29, 1.82) is 0 Å². The number of hydrogen-bond donors (Lipinski definition) is 0. The Kier molecular flexibility index (Phi) is 5.95. The summed E-state index contributed by atoms with van der Waals surface area (Å²) in [4.78, 5) is 0.318. The predicted octanol–water partition coefficient (Wildman–Crippen LogP) is 3.52. The molecule has 1 heterocycles. The second-order valence-corrected chi connectivity index (χ2v) is 8.70. The molecule has 0 saturated carbocycles. The molecule has 0 saturated heterocycles. The highest BCUT2D eigenvalue weighted by Crippen LogP contribution is 2.20. The minimum absolute atomic E-state index is 0.000808. The summed E-state index contributed by atoms with van der Waals surface area (Å²) in [5.41, 5.74) is 1.10. The molecule has 3 rings (SSSR count). The van der Waals surface area contributed by atoms with E-state index in [1.807, 2.05) is 31.2 Å². The Bertz CT molecular complexity index is 956. The van der Waals surface area contributed by atoms with Gasteiger partial charge in [-0.3, -0.25) is 0 Å². The molecule has 0 N–H and O–H groups in total. The zero-order valence-corrected chi connectivity index (χ0v) is 15.8. The Hall–Kier alpha value is -2.32. The lowest BCUT2D eigenvalue weighted by Gasteiger charge is -2.03. The lowest BCUT2D eigenvalue weighted by atomic mass is 10.2. The number of nitrogens with zero attached hydrogens (tertiary/aromatic N) is 2. The van der Waals surface area contributed by atoms with E-state index in [4.69, 9.17) is 9.15 Å². The van der Waals surface area contributed by atoms with E-state index in [0.29, 0.717) is 21.8 Å². The van der Waals surface area contributed by atoms with Gasteiger partial charge in [0, 0.05) is 5.75 Å². The van der Waals surface area contributed by atoms with Gasteiger partial charge in [0.1, 0.15) is 5.75 Å². The third-order valence-electron chi connectivity index (χ3n) is 3.48. The summed E-state index contributed by atoms with van der Waals surface area (Å²) in [6.07, 6.45) is 0. The molecule has 136 valence electrons. The number of aromatic nitrogens is 2. The van der Waals surface area contributed by atoms with Crippen LogP contribution in [0.4, 0.5) is 0 Å². The third-order valence-corrected chi connectivity index (χ3v) is 6.29. The van der Waals surface area contributed by atoms with Gasteiger partial charge in [-0.25, -0.2) is 8.42 Å². The van der Waals surface area contributed by atoms with Gasteiger partial charge in [-0.15, -0.1) is 10.2 Å². The average Bonchev–Trinajstić information content (AvgIpc) is 3.08. The quantitative estimate of drug-likeness (QED) is 0.544. The number of hydrogen-bond acceptors (Lipinski definition) is 7. The van der Waals surface area contributed by atoms with Crippen LogP contribution < -0.4 is 4.74 Å². The van der Waals surface area contributed by atoms with Gasteiger partial charge in [-0.05, 0) is 36.8 Å². The SMILES string of the molecule is Cc1cccc(OCc2nnc(SCCS(=O)(=O)c3ccccc3)o2)c1. The van der Waals surface area contributed by atoms with Crippen LogP contribution in [0.15, 0.2) is 69.1 Å². The predicted molar refractivity (Wildman–Crippen MR) is 99.0 cm³/mol. The maximum atomic E-state index is 12.2. The highest BCUT2D eigenvalue weighted by molar-refractivity contribution is 8.00. The third kappa shape index (κ3) is 5.09. The molecular weight excluding hydrogens is 372 g/mol. The normalized spacial score (nSPS) is 11.4. The molecule has 0 bridgehead atoms. The van der Waals surface area contributed by atoms with Gasteiger partial charge in [-0.2, -0.15) is 0 Å². The second-order valence-electron chi connectivity index (χ2n) is 5.55. The monoisotopic (exact) mass is 390 g/mol. The first-order chi connectivity index (χ1) is 12.5. The van der Waals surface area contributed by atoms with Gasteiger partial charge in [-0.1, -0.05) is 42.1 Å². The molecule has 0 atom stereocenters. The van der Waals surface area contributed by atoms with Gasteiger partial charge in [0.15, 0.2) is 16.4 Å². The van der Waals surface area contributed by atoms with Crippen LogP contribution >= 0.6 is 11.8 Å². The standard InChI is InChI=1S/C18H18N2O4S2/c1-14-6-5-7-15(12-14)23-13-17-19-20-18(24-17)25-10-11-26(21,22)16-8-3-2-4-9-16/h2-9,12H,10-11,13H2,1H3. The van der Waals surface area contributed by atoms with E-state index in [1.54, 1.807) is 30.3 Å². The highest BCUT2D eigenvalue weighted by Gasteiger charge is 2.15. The molecule has 2 aromatic carbocycles. The maximum absolute atomic E-state index is 12.2. The van der Waals surface area contributed by atoms with Crippen LogP contribution in [0.1, 0.15) is 11.5 Å². The summed E-state index contributed by atoms with van der Waals surface area (Å²) in [6.45, 7) is 2.15. The van der Waals surface area contributed by atoms with Crippen molar-refractivity contribution >= 4 is 21.6 Å². The summed E-state index contributed by atoms with van der Waals surface area (Å²) in [5, 5.41) is 8.15. The van der Waals surface area contributed by atoms with Crippen LogP contribution in [-0.2, 0) is 16.4 Å². The van der Waals surface area contributed by atoms with Crippen LogP contribution in [0, 0.1) is 6.92 Å². The number of rotatable bonds is 8. The van der Waals surface area contributed by atoms with Crippen molar-refractivity contribution in [2.45, 2.75) is 23.6 Å². The number of aryl methyl sites for hydroxylation is 1. The Labute approximate surface area is 156 Å². The number of benzene rings is 2. The topological polar surface area (TPSA) is 82.3 Å². The zero-order valence-electron chi connectivity index (χ0n) is 14.2. The van der Waals surface area contributed by atoms with Crippen LogP contribution in [0.3, 0.4) is 0 Å². The van der Waals surface area contributed by atoms with Crippen molar-refractivity contribution in [3.05, 3.63) is 66.1 Å². The smallest absolute Gasteiger partial charge is 0.276 e. The van der Waals surface area contributed by atoms with Crippen molar-refractivity contribution < 1.29 is 17.6 Å². The van der Waals surface area contributed by atoms with E-state index >= 15 is 0 Å².